The molecule has 1 nitrogen and oxygen atoms in total. The maximum absolute atomic E-state index is 11.6. The van der Waals surface area contributed by atoms with E-state index in [9.17, 15) is 4.39 Å². The van der Waals surface area contributed by atoms with Crippen LogP contribution in [0.4, 0.5) is 4.39 Å². The van der Waals surface area contributed by atoms with Gasteiger partial charge in [-0.1, -0.05) is 19.1 Å². The second-order valence-corrected chi connectivity index (χ2v) is 2.63. The van der Waals surface area contributed by atoms with Crippen LogP contribution >= 0.6 is 0 Å². The first-order valence-corrected chi connectivity index (χ1v) is 4.20. The zero-order valence-electron chi connectivity index (χ0n) is 7.52. The maximum atomic E-state index is 11.6. The molecule has 0 aromatic rings. The molecule has 0 aromatic carbocycles. The molecule has 0 fully saturated rings. The molecule has 0 saturated carbocycles. The zero-order chi connectivity index (χ0) is 8.53. The second kappa shape index (κ2) is 7.73. The first-order valence-electron chi connectivity index (χ1n) is 4.20. The molecule has 0 heterocycles. The average Bonchev–Trinajstić information content (AvgIpc) is 2.04. The Morgan fingerprint density at radius 2 is 1.91 bits per heavy atom. The number of rotatable bonds is 6. The number of alkyl halides is 1. The third kappa shape index (κ3) is 7.53. The van der Waals surface area contributed by atoms with Crippen molar-refractivity contribution in [1.82, 2.24) is 4.90 Å². The van der Waals surface area contributed by atoms with E-state index in [1.807, 2.05) is 12.2 Å². The van der Waals surface area contributed by atoms with Gasteiger partial charge in [0.2, 0.25) is 0 Å². The maximum Gasteiger partial charge on any atom is 0.0928 e. The highest BCUT2D eigenvalue weighted by molar-refractivity contribution is 4.81. The quantitative estimate of drug-likeness (QED) is 0.537. The van der Waals surface area contributed by atoms with Gasteiger partial charge in [-0.15, -0.1) is 0 Å². The fourth-order valence-corrected chi connectivity index (χ4v) is 0.752. The van der Waals surface area contributed by atoms with E-state index < -0.39 is 0 Å². The highest BCUT2D eigenvalue weighted by Crippen LogP contribution is 1.90. The Morgan fingerprint density at radius 3 is 2.45 bits per heavy atom. The number of hydrogen-bond donors (Lipinski definition) is 0. The third-order valence-corrected chi connectivity index (χ3v) is 1.66. The van der Waals surface area contributed by atoms with Crippen LogP contribution in [-0.4, -0.2) is 31.7 Å². The molecular formula is C9H18FN. The topological polar surface area (TPSA) is 3.24 Å². The number of nitrogens with zero attached hydrogens (tertiary/aromatic N) is 1. The van der Waals surface area contributed by atoms with Crippen molar-refractivity contribution in [3.05, 3.63) is 12.2 Å². The highest BCUT2D eigenvalue weighted by atomic mass is 19.1. The van der Waals surface area contributed by atoms with Gasteiger partial charge in [0, 0.05) is 6.54 Å². The molecule has 0 N–H and O–H groups in total. The molecule has 0 radical (unpaired) electrons. The van der Waals surface area contributed by atoms with Crippen LogP contribution in [0.3, 0.4) is 0 Å². The van der Waals surface area contributed by atoms with Crippen molar-refractivity contribution < 1.29 is 4.39 Å². The molecule has 0 spiro atoms. The predicted molar refractivity (Wildman–Crippen MR) is 47.5 cm³/mol. The minimum Gasteiger partial charge on any atom is -0.306 e. The van der Waals surface area contributed by atoms with Crippen molar-refractivity contribution in [2.45, 2.75) is 19.8 Å². The first kappa shape index (κ1) is 10.6. The third-order valence-electron chi connectivity index (χ3n) is 1.66. The molecule has 2 heteroatoms. The Morgan fingerprint density at radius 1 is 1.27 bits per heavy atom. The lowest BCUT2D eigenvalue weighted by atomic mass is 10.3. The van der Waals surface area contributed by atoms with E-state index >= 15 is 0 Å². The van der Waals surface area contributed by atoms with Gasteiger partial charge in [-0.3, -0.25) is 4.39 Å². The van der Waals surface area contributed by atoms with Gasteiger partial charge < -0.3 is 4.90 Å². The smallest absolute Gasteiger partial charge is 0.0928 e. The van der Waals surface area contributed by atoms with Gasteiger partial charge in [-0.25, -0.2) is 0 Å². The Balaban J connectivity index is 3.12. The standard InChI is InChI=1S/C9H18FN/c1-3-11(2)9-7-5-4-6-8-10/h4-5H,3,6-9H2,1-2H3/b5-4+. The van der Waals surface area contributed by atoms with Crippen molar-refractivity contribution in [2.24, 2.45) is 0 Å². The molecule has 0 saturated heterocycles. The Kier molecular flexibility index (Phi) is 7.47. The monoisotopic (exact) mass is 159 g/mol. The normalized spacial score (nSPS) is 11.6. The SMILES string of the molecule is CCN(C)CC/C=C/CCF. The summed E-state index contributed by atoms with van der Waals surface area (Å²) in [5.74, 6) is 0. The van der Waals surface area contributed by atoms with E-state index in [2.05, 4.69) is 18.9 Å². The highest BCUT2D eigenvalue weighted by Gasteiger charge is 1.89. The lowest BCUT2D eigenvalue weighted by Gasteiger charge is -2.10. The van der Waals surface area contributed by atoms with E-state index in [4.69, 9.17) is 0 Å². The van der Waals surface area contributed by atoms with Crippen LogP contribution in [0.1, 0.15) is 19.8 Å². The summed E-state index contributed by atoms with van der Waals surface area (Å²) in [6.07, 6.45) is 5.55. The van der Waals surface area contributed by atoms with E-state index in [0.29, 0.717) is 6.42 Å². The van der Waals surface area contributed by atoms with Crippen molar-refractivity contribution in [1.29, 1.82) is 0 Å². The van der Waals surface area contributed by atoms with Crippen LogP contribution in [0.25, 0.3) is 0 Å². The van der Waals surface area contributed by atoms with Crippen LogP contribution < -0.4 is 0 Å². The molecule has 66 valence electrons. The number of hydrogen-bond acceptors (Lipinski definition) is 1. The average molecular weight is 159 g/mol. The van der Waals surface area contributed by atoms with Crippen molar-refractivity contribution in [3.63, 3.8) is 0 Å². The van der Waals surface area contributed by atoms with E-state index in [-0.39, 0.29) is 6.67 Å². The van der Waals surface area contributed by atoms with Crippen LogP contribution in [-0.2, 0) is 0 Å². The van der Waals surface area contributed by atoms with Crippen LogP contribution in [0.15, 0.2) is 12.2 Å². The Labute approximate surface area is 68.9 Å². The second-order valence-electron chi connectivity index (χ2n) is 2.63. The van der Waals surface area contributed by atoms with Gasteiger partial charge in [0.1, 0.15) is 0 Å². The molecule has 0 unspecified atom stereocenters. The van der Waals surface area contributed by atoms with Crippen LogP contribution in [0.5, 0.6) is 0 Å². The molecule has 0 rings (SSSR count). The molecule has 0 aliphatic rings. The fourth-order valence-electron chi connectivity index (χ4n) is 0.752. The molecule has 0 amide bonds. The summed E-state index contributed by atoms with van der Waals surface area (Å²) in [4.78, 5) is 2.24. The molecule has 0 aromatic heterocycles. The van der Waals surface area contributed by atoms with E-state index in [1.165, 1.54) is 0 Å². The number of halogens is 1. The van der Waals surface area contributed by atoms with E-state index in [1.54, 1.807) is 0 Å². The predicted octanol–water partition coefficient (Wildman–Crippen LogP) is 2.24. The van der Waals surface area contributed by atoms with Gasteiger partial charge >= 0.3 is 0 Å². The Hall–Kier alpha value is -0.370. The summed E-state index contributed by atoms with van der Waals surface area (Å²) in [5.41, 5.74) is 0. The summed E-state index contributed by atoms with van der Waals surface area (Å²) in [6.45, 7) is 4.04. The summed E-state index contributed by atoms with van der Waals surface area (Å²) < 4.78 is 11.6. The van der Waals surface area contributed by atoms with Crippen LogP contribution in [0.2, 0.25) is 0 Å². The molecular weight excluding hydrogens is 141 g/mol. The minimum atomic E-state index is -0.236. The minimum absolute atomic E-state index is 0.236. The molecule has 0 aliphatic carbocycles. The summed E-state index contributed by atoms with van der Waals surface area (Å²) in [5, 5.41) is 0. The molecule has 11 heavy (non-hydrogen) atoms. The number of allylic oxidation sites excluding steroid dienone is 1. The van der Waals surface area contributed by atoms with Gasteiger partial charge in [0.15, 0.2) is 0 Å². The van der Waals surface area contributed by atoms with Crippen LogP contribution in [0, 0.1) is 0 Å². The zero-order valence-corrected chi connectivity index (χ0v) is 7.52. The van der Waals surface area contributed by atoms with E-state index in [0.717, 1.165) is 19.5 Å². The molecule has 0 aliphatic heterocycles. The largest absolute Gasteiger partial charge is 0.306 e. The van der Waals surface area contributed by atoms with Crippen molar-refractivity contribution >= 4 is 0 Å². The van der Waals surface area contributed by atoms with Gasteiger partial charge in [-0.05, 0) is 26.4 Å². The van der Waals surface area contributed by atoms with Crippen molar-refractivity contribution in [2.75, 3.05) is 26.8 Å². The molecule has 0 bridgehead atoms. The van der Waals surface area contributed by atoms with Crippen molar-refractivity contribution in [3.8, 4) is 0 Å². The lowest BCUT2D eigenvalue weighted by Crippen LogP contribution is -2.17. The summed E-state index contributed by atoms with van der Waals surface area (Å²) in [7, 11) is 2.09. The summed E-state index contributed by atoms with van der Waals surface area (Å²) in [6, 6.07) is 0. The van der Waals surface area contributed by atoms with Gasteiger partial charge in [-0.2, -0.15) is 0 Å². The first-order chi connectivity index (χ1) is 5.31. The fraction of sp³-hybridized carbons (Fsp3) is 0.778. The molecule has 0 atom stereocenters. The summed E-state index contributed by atoms with van der Waals surface area (Å²) >= 11 is 0. The van der Waals surface area contributed by atoms with Gasteiger partial charge in [0.25, 0.3) is 0 Å². The van der Waals surface area contributed by atoms with Gasteiger partial charge in [0.05, 0.1) is 6.67 Å². The Bertz CT molecular complexity index is 102. The lowest BCUT2D eigenvalue weighted by molar-refractivity contribution is 0.360.